The van der Waals surface area contributed by atoms with Crippen LogP contribution < -0.4 is 15.2 Å². The SMILES string of the molecule is COc1ccccc1S(=O)(=O)NC1C(N)C2CCCOC21. The second-order valence-corrected chi connectivity index (χ2v) is 7.20. The lowest BCUT2D eigenvalue weighted by atomic mass is 9.69. The van der Waals surface area contributed by atoms with E-state index in [4.69, 9.17) is 15.2 Å². The van der Waals surface area contributed by atoms with Crippen LogP contribution in [0.25, 0.3) is 0 Å². The summed E-state index contributed by atoms with van der Waals surface area (Å²) in [6.45, 7) is 0.667. The molecule has 7 heteroatoms. The Kier molecular flexibility index (Phi) is 3.92. The molecule has 1 aliphatic carbocycles. The van der Waals surface area contributed by atoms with Gasteiger partial charge in [0, 0.05) is 18.6 Å². The smallest absolute Gasteiger partial charge is 0.244 e. The van der Waals surface area contributed by atoms with Gasteiger partial charge < -0.3 is 15.2 Å². The maximum atomic E-state index is 12.5. The molecule has 6 nitrogen and oxygen atoms in total. The highest BCUT2D eigenvalue weighted by Crippen LogP contribution is 2.38. The van der Waals surface area contributed by atoms with Gasteiger partial charge in [-0.05, 0) is 25.0 Å². The number of nitrogens with one attached hydrogen (secondary N) is 1. The maximum absolute atomic E-state index is 12.5. The standard InChI is InChI=1S/C14H20N2O4S/c1-19-10-6-2-3-7-11(10)21(17,18)16-13-12(15)9-5-4-8-20-14(9)13/h2-3,6-7,9,12-14,16H,4-5,8,15H2,1H3. The van der Waals surface area contributed by atoms with Crippen molar-refractivity contribution in [3.05, 3.63) is 24.3 Å². The Hall–Kier alpha value is -1.15. The molecule has 2 fully saturated rings. The molecule has 4 atom stereocenters. The van der Waals surface area contributed by atoms with E-state index in [-0.39, 0.29) is 29.0 Å². The van der Waals surface area contributed by atoms with Crippen molar-refractivity contribution in [3.63, 3.8) is 0 Å². The number of nitrogens with two attached hydrogens (primary N) is 1. The minimum atomic E-state index is -3.68. The summed E-state index contributed by atoms with van der Waals surface area (Å²) in [4.78, 5) is 0.124. The van der Waals surface area contributed by atoms with Crippen molar-refractivity contribution >= 4 is 10.0 Å². The summed E-state index contributed by atoms with van der Waals surface area (Å²) in [5.74, 6) is 0.572. The third-order valence-electron chi connectivity index (χ3n) is 4.33. The first-order chi connectivity index (χ1) is 10.0. The van der Waals surface area contributed by atoms with Gasteiger partial charge in [0.2, 0.25) is 10.0 Å². The van der Waals surface area contributed by atoms with Crippen LogP contribution in [-0.4, -0.2) is 40.3 Å². The lowest BCUT2D eigenvalue weighted by Gasteiger charge is -2.52. The number of hydrogen-bond donors (Lipinski definition) is 2. The molecule has 1 aromatic rings. The van der Waals surface area contributed by atoms with Crippen LogP contribution in [0.1, 0.15) is 12.8 Å². The highest BCUT2D eigenvalue weighted by molar-refractivity contribution is 7.89. The Morgan fingerprint density at radius 1 is 1.38 bits per heavy atom. The third kappa shape index (κ3) is 2.55. The van der Waals surface area contributed by atoms with E-state index >= 15 is 0 Å². The average molecular weight is 312 g/mol. The van der Waals surface area contributed by atoms with Crippen molar-refractivity contribution in [1.29, 1.82) is 0 Å². The number of rotatable bonds is 4. The van der Waals surface area contributed by atoms with Gasteiger partial charge in [-0.1, -0.05) is 12.1 Å². The molecule has 4 unspecified atom stereocenters. The van der Waals surface area contributed by atoms with Gasteiger partial charge in [0.25, 0.3) is 0 Å². The van der Waals surface area contributed by atoms with Gasteiger partial charge in [-0.2, -0.15) is 0 Å². The minimum absolute atomic E-state index is 0.113. The predicted molar refractivity (Wildman–Crippen MR) is 77.5 cm³/mol. The molecule has 21 heavy (non-hydrogen) atoms. The zero-order valence-corrected chi connectivity index (χ0v) is 12.7. The molecule has 0 spiro atoms. The van der Waals surface area contributed by atoms with Gasteiger partial charge in [0.15, 0.2) is 0 Å². The molecule has 0 amide bonds. The lowest BCUT2D eigenvalue weighted by molar-refractivity contribution is -0.114. The van der Waals surface area contributed by atoms with Crippen LogP contribution in [0, 0.1) is 5.92 Å². The highest BCUT2D eigenvalue weighted by Gasteiger charge is 2.52. The molecule has 1 aliphatic heterocycles. The summed E-state index contributed by atoms with van der Waals surface area (Å²) in [5, 5.41) is 0. The zero-order valence-electron chi connectivity index (χ0n) is 11.9. The molecule has 0 bridgehead atoms. The number of ether oxygens (including phenoxy) is 2. The maximum Gasteiger partial charge on any atom is 0.244 e. The number of para-hydroxylation sites is 1. The van der Waals surface area contributed by atoms with Crippen LogP contribution in [0.4, 0.5) is 0 Å². The monoisotopic (exact) mass is 312 g/mol. The first-order valence-electron chi connectivity index (χ1n) is 7.07. The van der Waals surface area contributed by atoms with Crippen LogP contribution in [0.2, 0.25) is 0 Å². The summed E-state index contributed by atoms with van der Waals surface area (Å²) in [6.07, 6.45) is 1.87. The summed E-state index contributed by atoms with van der Waals surface area (Å²) >= 11 is 0. The molecule has 1 saturated carbocycles. The van der Waals surface area contributed by atoms with E-state index in [2.05, 4.69) is 4.72 Å². The van der Waals surface area contributed by atoms with Gasteiger partial charge in [0.05, 0.1) is 19.3 Å². The predicted octanol–water partition coefficient (Wildman–Crippen LogP) is 0.478. The lowest BCUT2D eigenvalue weighted by Crippen LogP contribution is -2.71. The van der Waals surface area contributed by atoms with E-state index in [1.165, 1.54) is 13.2 Å². The van der Waals surface area contributed by atoms with Crippen molar-refractivity contribution in [2.24, 2.45) is 11.7 Å². The van der Waals surface area contributed by atoms with E-state index in [1.54, 1.807) is 18.2 Å². The molecule has 1 aromatic carbocycles. The number of hydrogen-bond acceptors (Lipinski definition) is 5. The normalized spacial score (nSPS) is 32.1. The molecule has 2 aliphatic rings. The molecule has 0 radical (unpaired) electrons. The number of methoxy groups -OCH3 is 1. The molecular weight excluding hydrogens is 292 g/mol. The second kappa shape index (κ2) is 5.57. The van der Waals surface area contributed by atoms with Crippen molar-refractivity contribution in [1.82, 2.24) is 4.72 Å². The van der Waals surface area contributed by atoms with Crippen molar-refractivity contribution in [3.8, 4) is 5.75 Å². The second-order valence-electron chi connectivity index (χ2n) is 5.52. The molecule has 1 saturated heterocycles. The summed E-state index contributed by atoms with van der Waals surface area (Å²) in [6, 6.07) is 5.97. The van der Waals surface area contributed by atoms with Crippen LogP contribution >= 0.6 is 0 Å². The van der Waals surface area contributed by atoms with Gasteiger partial charge in [-0.25, -0.2) is 13.1 Å². The molecule has 3 N–H and O–H groups in total. The van der Waals surface area contributed by atoms with Gasteiger partial charge in [-0.15, -0.1) is 0 Å². The van der Waals surface area contributed by atoms with E-state index in [0.29, 0.717) is 12.4 Å². The third-order valence-corrected chi connectivity index (χ3v) is 5.83. The Morgan fingerprint density at radius 2 is 2.14 bits per heavy atom. The number of benzene rings is 1. The van der Waals surface area contributed by atoms with E-state index in [9.17, 15) is 8.42 Å². The average Bonchev–Trinajstić information content (AvgIpc) is 2.52. The van der Waals surface area contributed by atoms with Crippen molar-refractivity contribution in [2.45, 2.75) is 35.9 Å². The highest BCUT2D eigenvalue weighted by atomic mass is 32.2. The van der Waals surface area contributed by atoms with Crippen molar-refractivity contribution in [2.75, 3.05) is 13.7 Å². The number of sulfonamides is 1. The summed E-state index contributed by atoms with van der Waals surface area (Å²) < 4.78 is 38.5. The van der Waals surface area contributed by atoms with E-state index in [0.717, 1.165) is 12.8 Å². The first kappa shape index (κ1) is 14.8. The fourth-order valence-corrected chi connectivity index (χ4v) is 4.63. The van der Waals surface area contributed by atoms with E-state index < -0.39 is 10.0 Å². The van der Waals surface area contributed by atoms with Crippen LogP contribution in [0.15, 0.2) is 29.2 Å². The quantitative estimate of drug-likeness (QED) is 0.844. The Labute approximate surface area is 124 Å². The van der Waals surface area contributed by atoms with Crippen molar-refractivity contribution < 1.29 is 17.9 Å². The fraction of sp³-hybridized carbons (Fsp3) is 0.571. The number of fused-ring (bicyclic) bond motifs is 1. The van der Waals surface area contributed by atoms with Crippen LogP contribution in [0.3, 0.4) is 0 Å². The van der Waals surface area contributed by atoms with Crippen LogP contribution in [0.5, 0.6) is 5.75 Å². The molecule has 1 heterocycles. The minimum Gasteiger partial charge on any atom is -0.495 e. The summed E-state index contributed by atoms with van der Waals surface area (Å²) in [5.41, 5.74) is 6.09. The van der Waals surface area contributed by atoms with Gasteiger partial charge >= 0.3 is 0 Å². The molecule has 116 valence electrons. The fourth-order valence-electron chi connectivity index (χ4n) is 3.18. The molecular formula is C14H20N2O4S. The Balaban J connectivity index is 1.80. The largest absolute Gasteiger partial charge is 0.495 e. The van der Waals surface area contributed by atoms with Gasteiger partial charge in [0.1, 0.15) is 10.6 Å². The Bertz CT molecular complexity index is 619. The molecule has 3 rings (SSSR count). The van der Waals surface area contributed by atoms with Crippen LogP contribution in [-0.2, 0) is 14.8 Å². The topological polar surface area (TPSA) is 90.7 Å². The zero-order chi connectivity index (χ0) is 15.0. The Morgan fingerprint density at radius 3 is 2.90 bits per heavy atom. The van der Waals surface area contributed by atoms with Gasteiger partial charge in [-0.3, -0.25) is 0 Å². The summed E-state index contributed by atoms with van der Waals surface area (Å²) in [7, 11) is -2.23. The van der Waals surface area contributed by atoms with E-state index in [1.807, 2.05) is 0 Å². The first-order valence-corrected chi connectivity index (χ1v) is 8.55. The molecule has 0 aromatic heterocycles.